The number of nitrogens with two attached hydrogens (primary N) is 1. The maximum atomic E-state index is 13.1. The van der Waals surface area contributed by atoms with Gasteiger partial charge in [0.2, 0.25) is 11.8 Å². The quantitative estimate of drug-likeness (QED) is 0.784. The van der Waals surface area contributed by atoms with Gasteiger partial charge in [-0.1, -0.05) is 0 Å². The van der Waals surface area contributed by atoms with Crippen LogP contribution in [0, 0.1) is 0 Å². The van der Waals surface area contributed by atoms with Gasteiger partial charge in [-0.05, 0) is 24.3 Å². The third-order valence-electron chi connectivity index (χ3n) is 3.54. The SMILES string of the molecule is Nc1nc2c(C3CC3)nc(C(F)(F)F)nc2n1-c1ccsc1. The van der Waals surface area contributed by atoms with Gasteiger partial charge in [-0.3, -0.25) is 4.57 Å². The van der Waals surface area contributed by atoms with Crippen molar-refractivity contribution in [3.05, 3.63) is 28.3 Å². The Hall–Kier alpha value is -2.16. The lowest BCUT2D eigenvalue weighted by atomic mass is 10.2. The molecule has 3 heterocycles. The molecule has 5 nitrogen and oxygen atoms in total. The summed E-state index contributed by atoms with van der Waals surface area (Å²) in [5.74, 6) is -1.01. The Morgan fingerprint density at radius 3 is 2.59 bits per heavy atom. The molecule has 1 fully saturated rings. The van der Waals surface area contributed by atoms with Crippen LogP contribution >= 0.6 is 11.3 Å². The largest absolute Gasteiger partial charge is 0.451 e. The highest BCUT2D eigenvalue weighted by Gasteiger charge is 2.39. The van der Waals surface area contributed by atoms with Crippen molar-refractivity contribution in [1.29, 1.82) is 0 Å². The molecule has 1 aliphatic rings. The average Bonchev–Trinajstić information content (AvgIpc) is 3.04. The Labute approximate surface area is 126 Å². The molecule has 0 saturated heterocycles. The molecule has 4 rings (SSSR count). The number of hydrogen-bond acceptors (Lipinski definition) is 5. The van der Waals surface area contributed by atoms with Crippen molar-refractivity contribution in [3.8, 4) is 5.69 Å². The topological polar surface area (TPSA) is 69.6 Å². The van der Waals surface area contributed by atoms with Crippen LogP contribution in [0.3, 0.4) is 0 Å². The van der Waals surface area contributed by atoms with Crippen LogP contribution in [0.1, 0.15) is 30.3 Å². The van der Waals surface area contributed by atoms with Gasteiger partial charge in [0.25, 0.3) is 0 Å². The number of imidazole rings is 1. The maximum absolute atomic E-state index is 13.1. The number of aromatic nitrogens is 4. The van der Waals surface area contributed by atoms with Gasteiger partial charge in [-0.2, -0.15) is 24.5 Å². The van der Waals surface area contributed by atoms with Crippen molar-refractivity contribution in [3.63, 3.8) is 0 Å². The summed E-state index contributed by atoms with van der Waals surface area (Å²) in [5, 5.41) is 3.60. The first-order valence-corrected chi connectivity index (χ1v) is 7.55. The zero-order valence-electron chi connectivity index (χ0n) is 11.1. The molecule has 114 valence electrons. The number of nitrogens with zero attached hydrogens (tertiary/aromatic N) is 4. The van der Waals surface area contributed by atoms with E-state index in [1.165, 1.54) is 15.9 Å². The Bertz CT molecular complexity index is 849. The van der Waals surface area contributed by atoms with E-state index in [0.29, 0.717) is 16.9 Å². The van der Waals surface area contributed by atoms with Crippen LogP contribution in [0.2, 0.25) is 0 Å². The predicted octanol–water partition coefficient (Wildman–Crippen LogP) is 3.36. The molecule has 0 atom stereocenters. The number of alkyl halides is 3. The van der Waals surface area contributed by atoms with Gasteiger partial charge >= 0.3 is 6.18 Å². The van der Waals surface area contributed by atoms with E-state index in [1.807, 2.05) is 5.38 Å². The lowest BCUT2D eigenvalue weighted by molar-refractivity contribution is -0.144. The standard InChI is InChI=1S/C13H10F3N5S/c14-13(15,16)11-18-8(6-1-2-6)9-10(20-11)21(12(17)19-9)7-3-4-22-5-7/h3-6H,1-2H2,(H2,17,19). The molecule has 1 aliphatic carbocycles. The fraction of sp³-hybridized carbons (Fsp3) is 0.308. The normalized spacial score (nSPS) is 15.6. The molecule has 0 spiro atoms. The lowest BCUT2D eigenvalue weighted by Crippen LogP contribution is -2.13. The van der Waals surface area contributed by atoms with Crippen molar-refractivity contribution >= 4 is 28.4 Å². The molecule has 0 amide bonds. The molecule has 0 radical (unpaired) electrons. The van der Waals surface area contributed by atoms with Gasteiger partial charge in [0, 0.05) is 11.3 Å². The minimum absolute atomic E-state index is 0.0109. The number of hydrogen-bond donors (Lipinski definition) is 1. The number of halogens is 3. The Morgan fingerprint density at radius 1 is 1.23 bits per heavy atom. The summed E-state index contributed by atoms with van der Waals surface area (Å²) in [5.41, 5.74) is 7.37. The van der Waals surface area contributed by atoms with Crippen LogP contribution in [0.5, 0.6) is 0 Å². The van der Waals surface area contributed by atoms with Crippen LogP contribution < -0.4 is 5.73 Å². The fourth-order valence-corrected chi connectivity index (χ4v) is 3.02. The van der Waals surface area contributed by atoms with E-state index in [2.05, 4.69) is 15.0 Å². The summed E-state index contributed by atoms with van der Waals surface area (Å²) in [6.45, 7) is 0. The molecule has 3 aromatic heterocycles. The van der Waals surface area contributed by atoms with Crippen LogP contribution in [0.4, 0.5) is 19.1 Å². The predicted molar refractivity (Wildman–Crippen MR) is 75.9 cm³/mol. The summed E-state index contributed by atoms with van der Waals surface area (Å²) in [6.07, 6.45) is -2.97. The summed E-state index contributed by atoms with van der Waals surface area (Å²) < 4.78 is 40.7. The van der Waals surface area contributed by atoms with E-state index in [4.69, 9.17) is 5.73 Å². The first kappa shape index (κ1) is 13.5. The van der Waals surface area contributed by atoms with Crippen LogP contribution in [0.25, 0.3) is 16.9 Å². The molecule has 3 aromatic rings. The molecule has 22 heavy (non-hydrogen) atoms. The second-order valence-corrected chi connectivity index (χ2v) is 5.94. The Balaban J connectivity index is 2.05. The number of nitrogen functional groups attached to an aromatic ring is 1. The molecular weight excluding hydrogens is 315 g/mol. The Kier molecular flexibility index (Phi) is 2.71. The van der Waals surface area contributed by atoms with Crippen LogP contribution in [-0.2, 0) is 6.18 Å². The second kappa shape index (κ2) is 4.42. The first-order valence-electron chi connectivity index (χ1n) is 6.61. The zero-order valence-corrected chi connectivity index (χ0v) is 11.9. The van der Waals surface area contributed by atoms with Gasteiger partial charge in [0.05, 0.1) is 11.4 Å². The van der Waals surface area contributed by atoms with Gasteiger partial charge in [0.15, 0.2) is 5.65 Å². The molecule has 0 aromatic carbocycles. The van der Waals surface area contributed by atoms with Crippen molar-refractivity contribution in [1.82, 2.24) is 19.5 Å². The van der Waals surface area contributed by atoms with Crippen LogP contribution in [0.15, 0.2) is 16.8 Å². The van der Waals surface area contributed by atoms with Crippen LogP contribution in [-0.4, -0.2) is 19.5 Å². The van der Waals surface area contributed by atoms with Crippen molar-refractivity contribution in [2.45, 2.75) is 24.9 Å². The van der Waals surface area contributed by atoms with Crippen molar-refractivity contribution in [2.24, 2.45) is 0 Å². The smallest absolute Gasteiger partial charge is 0.369 e. The monoisotopic (exact) mass is 325 g/mol. The maximum Gasteiger partial charge on any atom is 0.451 e. The van der Waals surface area contributed by atoms with Gasteiger partial charge in [-0.15, -0.1) is 0 Å². The van der Waals surface area contributed by atoms with Crippen molar-refractivity contribution < 1.29 is 13.2 Å². The summed E-state index contributed by atoms with van der Waals surface area (Å²) in [6, 6.07) is 1.76. The first-order chi connectivity index (χ1) is 10.4. The van der Waals surface area contributed by atoms with Gasteiger partial charge in [0.1, 0.15) is 5.52 Å². The van der Waals surface area contributed by atoms with E-state index in [0.717, 1.165) is 12.8 Å². The number of fused-ring (bicyclic) bond motifs is 1. The zero-order chi connectivity index (χ0) is 15.5. The van der Waals surface area contributed by atoms with E-state index < -0.39 is 12.0 Å². The molecule has 1 saturated carbocycles. The minimum atomic E-state index is -4.60. The number of anilines is 1. The molecule has 0 bridgehead atoms. The summed E-state index contributed by atoms with van der Waals surface area (Å²) >= 11 is 1.42. The molecule has 2 N–H and O–H groups in total. The second-order valence-electron chi connectivity index (χ2n) is 5.16. The molecule has 9 heteroatoms. The van der Waals surface area contributed by atoms with Crippen molar-refractivity contribution in [2.75, 3.05) is 5.73 Å². The molecule has 0 unspecified atom stereocenters. The highest BCUT2D eigenvalue weighted by molar-refractivity contribution is 7.08. The van der Waals surface area contributed by atoms with E-state index in [9.17, 15) is 13.2 Å². The number of thiophene rings is 1. The molecule has 0 aliphatic heterocycles. The van der Waals surface area contributed by atoms with E-state index in [1.54, 1.807) is 11.4 Å². The third kappa shape index (κ3) is 2.04. The third-order valence-corrected chi connectivity index (χ3v) is 4.21. The highest BCUT2D eigenvalue weighted by Crippen LogP contribution is 2.43. The Morgan fingerprint density at radius 2 is 2.00 bits per heavy atom. The highest BCUT2D eigenvalue weighted by atomic mass is 32.1. The van der Waals surface area contributed by atoms with Gasteiger partial charge in [-0.25, -0.2) is 15.0 Å². The average molecular weight is 325 g/mol. The van der Waals surface area contributed by atoms with E-state index >= 15 is 0 Å². The summed E-state index contributed by atoms with van der Waals surface area (Å²) in [7, 11) is 0. The van der Waals surface area contributed by atoms with E-state index in [-0.39, 0.29) is 17.5 Å². The van der Waals surface area contributed by atoms with Gasteiger partial charge < -0.3 is 5.73 Å². The summed E-state index contributed by atoms with van der Waals surface area (Å²) in [4.78, 5) is 11.6. The molecular formula is C13H10F3N5S. The lowest BCUT2D eigenvalue weighted by Gasteiger charge is -2.08. The number of rotatable bonds is 2. The minimum Gasteiger partial charge on any atom is -0.369 e. The fourth-order valence-electron chi connectivity index (χ4n) is 2.40.